The Morgan fingerprint density at radius 2 is 1.86 bits per heavy atom. The maximum Gasteiger partial charge on any atom is 0.416 e. The number of benzene rings is 1. The summed E-state index contributed by atoms with van der Waals surface area (Å²) in [5, 5.41) is 6.47. The van der Waals surface area contributed by atoms with E-state index in [2.05, 4.69) is 15.6 Å². The number of rotatable bonds is 3. The Kier molecular flexibility index (Phi) is 5.24. The van der Waals surface area contributed by atoms with Crippen molar-refractivity contribution in [3.05, 3.63) is 35.4 Å². The second-order valence-corrected chi connectivity index (χ2v) is 5.72. The first kappa shape index (κ1) is 17.4. The van der Waals surface area contributed by atoms with Crippen LogP contribution in [0.25, 0.3) is 0 Å². The molecule has 2 N–H and O–H groups in total. The van der Waals surface area contributed by atoms with Crippen molar-refractivity contribution < 1.29 is 13.2 Å². The molecule has 0 saturated heterocycles. The van der Waals surface area contributed by atoms with Crippen molar-refractivity contribution in [2.45, 2.75) is 30.9 Å². The van der Waals surface area contributed by atoms with Crippen LogP contribution in [0.15, 0.2) is 29.3 Å². The average molecular weight is 425 g/mol. The van der Waals surface area contributed by atoms with Gasteiger partial charge in [-0.25, -0.2) is 0 Å². The average Bonchev–Trinajstić information content (AvgIpc) is 3.27. The molecule has 2 aliphatic rings. The molecule has 1 heterocycles. The summed E-state index contributed by atoms with van der Waals surface area (Å²) >= 11 is 0. The number of hydrogen-bond acceptors (Lipinski definition) is 3. The molecular formula is C15H19F3IN3. The smallest absolute Gasteiger partial charge is 0.356 e. The van der Waals surface area contributed by atoms with E-state index >= 15 is 0 Å². The molecule has 1 saturated carbocycles. The van der Waals surface area contributed by atoms with Crippen LogP contribution in [0.1, 0.15) is 30.4 Å². The molecule has 0 spiro atoms. The molecule has 0 radical (unpaired) electrons. The maximum absolute atomic E-state index is 12.6. The Labute approximate surface area is 144 Å². The van der Waals surface area contributed by atoms with Gasteiger partial charge in [0.05, 0.1) is 5.56 Å². The van der Waals surface area contributed by atoms with Crippen LogP contribution >= 0.6 is 24.0 Å². The monoisotopic (exact) mass is 425 g/mol. The Balaban J connectivity index is 0.00000176. The van der Waals surface area contributed by atoms with E-state index in [-0.39, 0.29) is 29.4 Å². The summed E-state index contributed by atoms with van der Waals surface area (Å²) < 4.78 is 37.8. The lowest BCUT2D eigenvalue weighted by molar-refractivity contribution is -0.137. The van der Waals surface area contributed by atoms with Crippen molar-refractivity contribution in [2.75, 3.05) is 19.6 Å². The van der Waals surface area contributed by atoms with Gasteiger partial charge in [-0.3, -0.25) is 4.99 Å². The van der Waals surface area contributed by atoms with Crippen LogP contribution < -0.4 is 10.6 Å². The largest absolute Gasteiger partial charge is 0.416 e. The molecule has 0 aromatic heterocycles. The van der Waals surface area contributed by atoms with Gasteiger partial charge in [-0.15, -0.1) is 24.0 Å². The van der Waals surface area contributed by atoms with Gasteiger partial charge in [-0.2, -0.15) is 13.2 Å². The second-order valence-electron chi connectivity index (χ2n) is 5.72. The Morgan fingerprint density at radius 3 is 2.36 bits per heavy atom. The van der Waals surface area contributed by atoms with E-state index in [1.807, 2.05) is 0 Å². The lowest BCUT2D eigenvalue weighted by Gasteiger charge is -2.21. The predicted octanol–water partition coefficient (Wildman–Crippen LogP) is 3.29. The number of aliphatic imine (C=N–C) groups is 1. The Morgan fingerprint density at radius 1 is 1.18 bits per heavy atom. The SMILES string of the molecule is FC(F)(F)c1ccc(C2(CNC3=NCCCN3)CC2)cc1.I. The van der Waals surface area contributed by atoms with E-state index in [0.717, 1.165) is 43.9 Å². The van der Waals surface area contributed by atoms with Crippen LogP contribution in [0.5, 0.6) is 0 Å². The lowest BCUT2D eigenvalue weighted by atomic mass is 9.95. The maximum atomic E-state index is 12.6. The Hall–Kier alpha value is -0.990. The van der Waals surface area contributed by atoms with E-state index in [9.17, 15) is 13.2 Å². The van der Waals surface area contributed by atoms with Crippen LogP contribution in [0, 0.1) is 0 Å². The first-order valence-corrected chi connectivity index (χ1v) is 7.20. The zero-order valence-electron chi connectivity index (χ0n) is 12.0. The van der Waals surface area contributed by atoms with Gasteiger partial charge in [0.1, 0.15) is 0 Å². The molecule has 1 aromatic rings. The molecule has 1 aliphatic carbocycles. The first-order chi connectivity index (χ1) is 10.00. The summed E-state index contributed by atoms with van der Waals surface area (Å²) in [5.41, 5.74) is 0.346. The highest BCUT2D eigenvalue weighted by Crippen LogP contribution is 2.48. The molecule has 0 amide bonds. The fourth-order valence-electron chi connectivity index (χ4n) is 2.64. The number of guanidine groups is 1. The molecule has 7 heteroatoms. The van der Waals surface area contributed by atoms with E-state index < -0.39 is 11.7 Å². The van der Waals surface area contributed by atoms with Crippen molar-refractivity contribution >= 4 is 29.9 Å². The summed E-state index contributed by atoms with van der Waals surface area (Å²) in [5.74, 6) is 0.805. The number of nitrogens with zero attached hydrogens (tertiary/aromatic N) is 1. The topological polar surface area (TPSA) is 36.4 Å². The van der Waals surface area contributed by atoms with Crippen LogP contribution in [0.2, 0.25) is 0 Å². The summed E-state index contributed by atoms with van der Waals surface area (Å²) in [7, 11) is 0. The van der Waals surface area contributed by atoms with E-state index in [4.69, 9.17) is 0 Å². The Bertz CT molecular complexity index is 536. The highest BCUT2D eigenvalue weighted by molar-refractivity contribution is 14.0. The fourth-order valence-corrected chi connectivity index (χ4v) is 2.64. The third kappa shape index (κ3) is 3.85. The van der Waals surface area contributed by atoms with Crippen LogP contribution in [-0.2, 0) is 11.6 Å². The molecule has 0 bridgehead atoms. The number of alkyl halides is 3. The molecule has 0 unspecified atom stereocenters. The van der Waals surface area contributed by atoms with Crippen molar-refractivity contribution in [1.82, 2.24) is 10.6 Å². The van der Waals surface area contributed by atoms with E-state index in [1.54, 1.807) is 12.1 Å². The van der Waals surface area contributed by atoms with E-state index in [0.29, 0.717) is 6.54 Å². The molecule has 0 atom stereocenters. The van der Waals surface area contributed by atoms with Crippen molar-refractivity contribution in [3.63, 3.8) is 0 Å². The molecule has 3 rings (SSSR count). The van der Waals surface area contributed by atoms with Gasteiger partial charge in [-0.05, 0) is 37.0 Å². The third-order valence-electron chi connectivity index (χ3n) is 4.17. The molecule has 1 aliphatic heterocycles. The van der Waals surface area contributed by atoms with Gasteiger partial charge >= 0.3 is 6.18 Å². The van der Waals surface area contributed by atoms with Gasteiger partial charge in [0.15, 0.2) is 5.96 Å². The van der Waals surface area contributed by atoms with Crippen molar-refractivity contribution in [2.24, 2.45) is 4.99 Å². The second kappa shape index (κ2) is 6.64. The predicted molar refractivity (Wildman–Crippen MR) is 90.7 cm³/mol. The minimum Gasteiger partial charge on any atom is -0.356 e. The fraction of sp³-hybridized carbons (Fsp3) is 0.533. The standard InChI is InChI=1S/C15H18F3N3.HI/c16-15(17,18)12-4-2-11(3-5-12)14(6-7-14)10-21-13-19-8-1-9-20-13;/h2-5H,1,6-10H2,(H2,19,20,21);1H. The van der Waals surface area contributed by atoms with Crippen LogP contribution in [0.3, 0.4) is 0 Å². The van der Waals surface area contributed by atoms with E-state index in [1.165, 1.54) is 12.1 Å². The van der Waals surface area contributed by atoms with Crippen LogP contribution in [-0.4, -0.2) is 25.6 Å². The van der Waals surface area contributed by atoms with Gasteiger partial charge in [-0.1, -0.05) is 12.1 Å². The number of hydrogen-bond donors (Lipinski definition) is 2. The first-order valence-electron chi connectivity index (χ1n) is 7.20. The van der Waals surface area contributed by atoms with Gasteiger partial charge < -0.3 is 10.6 Å². The summed E-state index contributed by atoms with van der Waals surface area (Å²) in [6.45, 7) is 2.45. The quantitative estimate of drug-likeness (QED) is 0.730. The summed E-state index contributed by atoms with van der Waals surface area (Å²) in [6, 6.07) is 5.55. The van der Waals surface area contributed by atoms with Gasteiger partial charge in [0.2, 0.25) is 0 Å². The lowest BCUT2D eigenvalue weighted by Crippen LogP contribution is -2.43. The normalized spacial score (nSPS) is 19.5. The van der Waals surface area contributed by atoms with Crippen molar-refractivity contribution in [1.29, 1.82) is 0 Å². The van der Waals surface area contributed by atoms with Gasteiger partial charge in [0, 0.05) is 25.0 Å². The zero-order valence-corrected chi connectivity index (χ0v) is 14.4. The highest BCUT2D eigenvalue weighted by atomic mass is 127. The highest BCUT2D eigenvalue weighted by Gasteiger charge is 2.44. The minimum atomic E-state index is -4.27. The van der Waals surface area contributed by atoms with Gasteiger partial charge in [0.25, 0.3) is 0 Å². The minimum absolute atomic E-state index is 0. The third-order valence-corrected chi connectivity index (χ3v) is 4.17. The molecule has 122 valence electrons. The number of halogens is 4. The van der Waals surface area contributed by atoms with Crippen LogP contribution in [0.4, 0.5) is 13.2 Å². The molecule has 1 fully saturated rings. The zero-order chi connectivity index (χ0) is 14.9. The molecule has 22 heavy (non-hydrogen) atoms. The summed E-state index contributed by atoms with van der Waals surface area (Å²) in [4.78, 5) is 4.35. The molecular weight excluding hydrogens is 406 g/mol. The molecule has 1 aromatic carbocycles. The summed E-state index contributed by atoms with van der Waals surface area (Å²) in [6.07, 6.45) is -1.24. The molecule has 3 nitrogen and oxygen atoms in total. The van der Waals surface area contributed by atoms with Crippen molar-refractivity contribution in [3.8, 4) is 0 Å². The number of nitrogens with one attached hydrogen (secondary N) is 2.